The summed E-state index contributed by atoms with van der Waals surface area (Å²) in [4.78, 5) is 11.4. The topological polar surface area (TPSA) is 120 Å². The number of benzene rings is 2. The van der Waals surface area contributed by atoms with E-state index in [9.17, 15) is 10.1 Å². The molecule has 1 atom stereocenters. The molecule has 0 spiro atoms. The minimum Gasteiger partial charge on any atom is -0.422 e. The van der Waals surface area contributed by atoms with Crippen LogP contribution >= 0.6 is 0 Å². The summed E-state index contributed by atoms with van der Waals surface area (Å²) >= 11 is 0. The van der Waals surface area contributed by atoms with Gasteiger partial charge in [-0.1, -0.05) is 30.3 Å². The molecule has 138 valence electrons. The minimum atomic E-state index is -0.511. The summed E-state index contributed by atoms with van der Waals surface area (Å²) < 4.78 is 7.49. The molecule has 7 heteroatoms. The van der Waals surface area contributed by atoms with Crippen LogP contribution in [0.5, 0.6) is 5.88 Å². The number of primary amides is 1. The van der Waals surface area contributed by atoms with E-state index in [4.69, 9.17) is 16.2 Å². The third-order valence-corrected chi connectivity index (χ3v) is 4.76. The van der Waals surface area contributed by atoms with Gasteiger partial charge in [-0.25, -0.2) is 4.68 Å². The third kappa shape index (κ3) is 2.68. The van der Waals surface area contributed by atoms with Crippen molar-refractivity contribution in [2.75, 3.05) is 0 Å². The standard InChI is InChI=1S/C21H17N5O2/c1-12-17-18(13-7-9-14(10-8-13)19(23)27)16(11-22)20(24)28-21(17)26(25-12)15-5-3-2-4-6-15/h2-10,18H,24H2,1H3,(H2,23,27). The number of nitrogens with two attached hydrogens (primary N) is 2. The van der Waals surface area contributed by atoms with Gasteiger partial charge in [0.05, 0.1) is 22.9 Å². The quantitative estimate of drug-likeness (QED) is 0.733. The van der Waals surface area contributed by atoms with E-state index in [1.54, 1.807) is 28.9 Å². The van der Waals surface area contributed by atoms with Gasteiger partial charge in [-0.3, -0.25) is 4.79 Å². The number of hydrogen-bond donors (Lipinski definition) is 2. The average molecular weight is 371 g/mol. The lowest BCUT2D eigenvalue weighted by Crippen LogP contribution is -2.22. The molecule has 4 N–H and O–H groups in total. The van der Waals surface area contributed by atoms with E-state index in [2.05, 4.69) is 11.2 Å². The molecular weight excluding hydrogens is 354 g/mol. The van der Waals surface area contributed by atoms with Crippen molar-refractivity contribution in [2.45, 2.75) is 12.8 Å². The Bertz CT molecular complexity index is 1140. The molecule has 0 fully saturated rings. The van der Waals surface area contributed by atoms with Crippen LogP contribution in [0.15, 0.2) is 66.1 Å². The SMILES string of the molecule is Cc1nn(-c2ccccc2)c2c1C(c1ccc(C(N)=O)cc1)C(C#N)=C(N)O2. The highest BCUT2D eigenvalue weighted by molar-refractivity contribution is 5.92. The number of carbonyl (C=O) groups is 1. The second-order valence-electron chi connectivity index (χ2n) is 6.46. The number of aryl methyl sites for hydroxylation is 1. The molecule has 1 aliphatic heterocycles. The predicted molar refractivity (Wildman–Crippen MR) is 103 cm³/mol. The normalized spacial score (nSPS) is 15.5. The van der Waals surface area contributed by atoms with Gasteiger partial charge in [0, 0.05) is 5.56 Å². The first-order valence-electron chi connectivity index (χ1n) is 8.63. The van der Waals surface area contributed by atoms with E-state index in [1.165, 1.54) is 0 Å². The molecular formula is C21H17N5O2. The highest BCUT2D eigenvalue weighted by Gasteiger charge is 2.36. The van der Waals surface area contributed by atoms with E-state index in [0.29, 0.717) is 17.0 Å². The van der Waals surface area contributed by atoms with Crippen LogP contribution in [0.25, 0.3) is 5.69 Å². The molecule has 0 radical (unpaired) electrons. The van der Waals surface area contributed by atoms with Crippen LogP contribution in [0, 0.1) is 18.3 Å². The maximum Gasteiger partial charge on any atom is 0.248 e. The van der Waals surface area contributed by atoms with Gasteiger partial charge in [0.2, 0.25) is 17.7 Å². The Kier molecular flexibility index (Phi) is 4.09. The molecule has 3 aromatic rings. The largest absolute Gasteiger partial charge is 0.422 e. The molecule has 0 saturated carbocycles. The molecule has 1 unspecified atom stereocenters. The number of aromatic nitrogens is 2. The lowest BCUT2D eigenvalue weighted by molar-refractivity contribution is 0.100. The third-order valence-electron chi connectivity index (χ3n) is 4.76. The molecule has 4 rings (SSSR count). The second-order valence-corrected chi connectivity index (χ2v) is 6.46. The first-order chi connectivity index (χ1) is 13.5. The number of fused-ring (bicyclic) bond motifs is 1. The van der Waals surface area contributed by atoms with Crippen molar-refractivity contribution in [3.8, 4) is 17.6 Å². The Hall–Kier alpha value is -4.05. The van der Waals surface area contributed by atoms with Crippen LogP contribution in [-0.2, 0) is 0 Å². The van der Waals surface area contributed by atoms with Gasteiger partial charge < -0.3 is 16.2 Å². The van der Waals surface area contributed by atoms with Crippen LogP contribution < -0.4 is 16.2 Å². The number of hydrogen-bond acceptors (Lipinski definition) is 5. The van der Waals surface area contributed by atoms with Gasteiger partial charge in [-0.05, 0) is 36.8 Å². The summed E-state index contributed by atoms with van der Waals surface area (Å²) in [6, 6.07) is 18.5. The van der Waals surface area contributed by atoms with Gasteiger partial charge in [-0.2, -0.15) is 10.4 Å². The molecule has 1 aliphatic rings. The number of nitriles is 1. The summed E-state index contributed by atoms with van der Waals surface area (Å²) in [6.45, 7) is 1.86. The molecule has 1 aromatic heterocycles. The summed E-state index contributed by atoms with van der Waals surface area (Å²) in [6.07, 6.45) is 0. The van der Waals surface area contributed by atoms with Gasteiger partial charge in [0.25, 0.3) is 0 Å². The molecule has 1 amide bonds. The summed E-state index contributed by atoms with van der Waals surface area (Å²) in [5.74, 6) is -0.448. The van der Waals surface area contributed by atoms with E-state index in [0.717, 1.165) is 22.5 Å². The molecule has 0 bridgehead atoms. The molecule has 28 heavy (non-hydrogen) atoms. The number of carbonyl (C=O) groups excluding carboxylic acids is 1. The van der Waals surface area contributed by atoms with Crippen LogP contribution in [0.1, 0.15) is 33.1 Å². The van der Waals surface area contributed by atoms with E-state index in [1.807, 2.05) is 37.3 Å². The fourth-order valence-corrected chi connectivity index (χ4v) is 3.43. The van der Waals surface area contributed by atoms with Crippen LogP contribution in [0.2, 0.25) is 0 Å². The molecule has 2 aromatic carbocycles. The lowest BCUT2D eigenvalue weighted by atomic mass is 9.84. The van der Waals surface area contributed by atoms with Crippen molar-refractivity contribution in [2.24, 2.45) is 11.5 Å². The number of rotatable bonds is 3. The zero-order chi connectivity index (χ0) is 19.8. The second kappa shape index (κ2) is 6.59. The number of allylic oxidation sites excluding steroid dienone is 1. The summed E-state index contributed by atoms with van der Waals surface area (Å²) in [5, 5.41) is 14.3. The zero-order valence-corrected chi connectivity index (χ0v) is 15.1. The highest BCUT2D eigenvalue weighted by Crippen LogP contribution is 2.44. The average Bonchev–Trinajstić information content (AvgIpc) is 3.03. The van der Waals surface area contributed by atoms with Crippen molar-refractivity contribution >= 4 is 5.91 Å². The van der Waals surface area contributed by atoms with Crippen molar-refractivity contribution in [3.63, 3.8) is 0 Å². The summed E-state index contributed by atoms with van der Waals surface area (Å²) in [5.41, 5.74) is 15.2. The smallest absolute Gasteiger partial charge is 0.248 e. The van der Waals surface area contributed by atoms with Crippen molar-refractivity contribution in [1.29, 1.82) is 5.26 Å². The first-order valence-corrected chi connectivity index (χ1v) is 8.63. The Balaban J connectivity index is 1.91. The van der Waals surface area contributed by atoms with Crippen molar-refractivity contribution in [3.05, 3.63) is 88.4 Å². The predicted octanol–water partition coefficient (Wildman–Crippen LogP) is 2.50. The minimum absolute atomic E-state index is 0.0380. The number of nitrogens with zero attached hydrogens (tertiary/aromatic N) is 3. The highest BCUT2D eigenvalue weighted by atomic mass is 16.5. The van der Waals surface area contributed by atoms with E-state index < -0.39 is 11.8 Å². The molecule has 0 aliphatic carbocycles. The Morgan fingerprint density at radius 2 is 1.86 bits per heavy atom. The van der Waals surface area contributed by atoms with Gasteiger partial charge in [0.15, 0.2) is 0 Å². The van der Waals surface area contributed by atoms with Gasteiger partial charge in [-0.15, -0.1) is 0 Å². The number of amides is 1. The van der Waals surface area contributed by atoms with E-state index in [-0.39, 0.29) is 5.88 Å². The fourth-order valence-electron chi connectivity index (χ4n) is 3.43. The summed E-state index contributed by atoms with van der Waals surface area (Å²) in [7, 11) is 0. The fraction of sp³-hybridized carbons (Fsp3) is 0.0952. The number of ether oxygens (including phenoxy) is 1. The molecule has 7 nitrogen and oxygen atoms in total. The molecule has 0 saturated heterocycles. The Morgan fingerprint density at radius 1 is 1.18 bits per heavy atom. The monoisotopic (exact) mass is 371 g/mol. The van der Waals surface area contributed by atoms with Gasteiger partial charge in [0.1, 0.15) is 11.6 Å². The maximum atomic E-state index is 11.4. The number of para-hydroxylation sites is 1. The maximum absolute atomic E-state index is 11.4. The van der Waals surface area contributed by atoms with Crippen molar-refractivity contribution in [1.82, 2.24) is 9.78 Å². The lowest BCUT2D eigenvalue weighted by Gasteiger charge is -2.25. The zero-order valence-electron chi connectivity index (χ0n) is 15.1. The molecule has 2 heterocycles. The van der Waals surface area contributed by atoms with Gasteiger partial charge >= 0.3 is 0 Å². The Labute approximate surface area is 161 Å². The van der Waals surface area contributed by atoms with Crippen molar-refractivity contribution < 1.29 is 9.53 Å². The van der Waals surface area contributed by atoms with Crippen LogP contribution in [-0.4, -0.2) is 15.7 Å². The van der Waals surface area contributed by atoms with Crippen LogP contribution in [0.4, 0.5) is 0 Å². The Morgan fingerprint density at radius 3 is 2.46 bits per heavy atom. The first kappa shape index (κ1) is 17.4. The van der Waals surface area contributed by atoms with Crippen LogP contribution in [0.3, 0.4) is 0 Å². The van der Waals surface area contributed by atoms with E-state index >= 15 is 0 Å².